The number of hydrogen-bond donors (Lipinski definition) is 10. The number of rotatable bonds is 18. The summed E-state index contributed by atoms with van der Waals surface area (Å²) >= 11 is 0. The summed E-state index contributed by atoms with van der Waals surface area (Å²) in [6.45, 7) is -0.616. The van der Waals surface area contributed by atoms with Crippen molar-refractivity contribution in [1.82, 2.24) is 57.5 Å². The highest BCUT2D eigenvalue weighted by Gasteiger charge is 2.32. The first-order chi connectivity index (χ1) is 27.4. The summed E-state index contributed by atoms with van der Waals surface area (Å²) in [7, 11) is 0. The second-order valence-corrected chi connectivity index (χ2v) is 13.5. The first-order valence-corrected chi connectivity index (χ1v) is 18.6. The molecular formula is C35H51FN14O7. The van der Waals surface area contributed by atoms with Gasteiger partial charge in [0.1, 0.15) is 30.4 Å². The quantitative estimate of drug-likeness (QED) is 0.0446. The largest absolute Gasteiger partial charge is 0.481 e. The maximum Gasteiger partial charge on any atom is 0.305 e. The topological polar surface area (TPSA) is 305 Å². The summed E-state index contributed by atoms with van der Waals surface area (Å²) in [5.41, 5.74) is 18.4. The third-order valence-electron chi connectivity index (χ3n) is 8.93. The van der Waals surface area contributed by atoms with E-state index in [-0.39, 0.29) is 62.9 Å². The van der Waals surface area contributed by atoms with Crippen molar-refractivity contribution in [3.8, 4) is 0 Å². The number of aromatic nitrogens is 3. The predicted octanol–water partition coefficient (Wildman–Crippen LogP) is -1.95. The van der Waals surface area contributed by atoms with E-state index in [0.29, 0.717) is 25.7 Å². The minimum absolute atomic E-state index is 0.00489. The van der Waals surface area contributed by atoms with Gasteiger partial charge in [-0.1, -0.05) is 35.5 Å². The van der Waals surface area contributed by atoms with E-state index < -0.39 is 73.4 Å². The van der Waals surface area contributed by atoms with Crippen LogP contribution in [0.4, 0.5) is 4.39 Å². The second-order valence-electron chi connectivity index (χ2n) is 13.5. The Hall–Kier alpha value is -6.32. The van der Waals surface area contributed by atoms with E-state index in [2.05, 4.69) is 52.8 Å². The number of fused-ring (bicyclic) bond motifs is 2. The Balaban J connectivity index is 1.55. The fraction of sp³-hybridized carbons (Fsp3) is 0.514. The molecule has 4 atom stereocenters. The Morgan fingerprint density at radius 3 is 2.46 bits per heavy atom. The van der Waals surface area contributed by atoms with Gasteiger partial charge in [-0.25, -0.2) is 4.68 Å². The maximum atomic E-state index is 14.0. The third-order valence-corrected chi connectivity index (χ3v) is 8.93. The van der Waals surface area contributed by atoms with Gasteiger partial charge in [-0.3, -0.25) is 43.2 Å². The predicted molar refractivity (Wildman–Crippen MR) is 202 cm³/mol. The zero-order valence-electron chi connectivity index (χ0n) is 31.4. The van der Waals surface area contributed by atoms with Crippen LogP contribution < -0.4 is 49.0 Å². The Morgan fingerprint density at radius 2 is 1.72 bits per heavy atom. The number of carbonyl (C=O) groups excluding carboxylic acids is 5. The molecule has 1 aromatic heterocycles. The number of nitrogens with zero attached hydrogens (tertiary/aromatic N) is 5. The van der Waals surface area contributed by atoms with Crippen molar-refractivity contribution in [3.63, 3.8) is 0 Å². The molecule has 2 aliphatic heterocycles. The highest BCUT2D eigenvalue weighted by atomic mass is 19.1. The SMILES string of the molecule is NC(N)=NCCC[C@@H]1NC(=O)[C@H](CCCCNC(=O)CN2C=C(CCCF)NN2)n2cc(nn2)C(Cc2ccccc2)NC(=O)[C@H](CC(=O)O)NC(=O)CNC1=O. The minimum atomic E-state index is -1.50. The minimum Gasteiger partial charge on any atom is -0.481 e. The van der Waals surface area contributed by atoms with Crippen LogP contribution in [-0.2, 0) is 35.2 Å². The highest BCUT2D eigenvalue weighted by molar-refractivity contribution is 5.94. The zero-order valence-corrected chi connectivity index (χ0v) is 31.4. The number of nitrogens with two attached hydrogens (primary N) is 2. The van der Waals surface area contributed by atoms with E-state index >= 15 is 0 Å². The lowest BCUT2D eigenvalue weighted by Gasteiger charge is -2.24. The molecule has 3 heterocycles. The molecule has 5 amide bonds. The monoisotopic (exact) mass is 798 g/mol. The number of unbranched alkanes of at least 4 members (excludes halogenated alkanes) is 1. The molecule has 4 rings (SSSR count). The number of aliphatic carboxylic acids is 1. The third kappa shape index (κ3) is 14.7. The molecule has 22 heteroatoms. The van der Waals surface area contributed by atoms with E-state index in [0.717, 1.165) is 11.3 Å². The molecular weight excluding hydrogens is 747 g/mol. The van der Waals surface area contributed by atoms with Crippen LogP contribution in [0.2, 0.25) is 0 Å². The molecule has 2 bridgehead atoms. The lowest BCUT2D eigenvalue weighted by atomic mass is 10.0. The molecule has 0 spiro atoms. The number of hydrogen-bond acceptors (Lipinski definition) is 12. The number of carboxylic acids is 1. The lowest BCUT2D eigenvalue weighted by Crippen LogP contribution is -2.53. The number of hydrazine groups is 2. The summed E-state index contributed by atoms with van der Waals surface area (Å²) < 4.78 is 13.8. The molecule has 310 valence electrons. The molecule has 0 radical (unpaired) electrons. The Labute approximate surface area is 327 Å². The van der Waals surface area contributed by atoms with Gasteiger partial charge in [-0.05, 0) is 56.9 Å². The number of allylic oxidation sites excluding steroid dienone is 1. The van der Waals surface area contributed by atoms with Crippen LogP contribution in [0.5, 0.6) is 0 Å². The van der Waals surface area contributed by atoms with Crippen molar-refractivity contribution in [2.24, 2.45) is 16.5 Å². The smallest absolute Gasteiger partial charge is 0.305 e. The van der Waals surface area contributed by atoms with E-state index in [1.165, 1.54) is 10.9 Å². The molecule has 2 aromatic rings. The molecule has 57 heavy (non-hydrogen) atoms. The average molecular weight is 799 g/mol. The summed E-state index contributed by atoms with van der Waals surface area (Å²) in [6, 6.07) is 4.60. The van der Waals surface area contributed by atoms with Gasteiger partial charge in [-0.15, -0.1) is 10.6 Å². The van der Waals surface area contributed by atoms with Crippen LogP contribution in [0.1, 0.15) is 74.7 Å². The number of nitrogens with one attached hydrogen (secondary N) is 7. The Bertz CT molecular complexity index is 1750. The number of aliphatic imine (C=N–C) groups is 1. The van der Waals surface area contributed by atoms with Crippen LogP contribution in [0.25, 0.3) is 0 Å². The molecule has 0 saturated carbocycles. The normalized spacial score (nSPS) is 20.3. The fourth-order valence-electron chi connectivity index (χ4n) is 6.06. The van der Waals surface area contributed by atoms with E-state index in [1.807, 2.05) is 30.3 Å². The van der Waals surface area contributed by atoms with Crippen molar-refractivity contribution >= 4 is 41.5 Å². The Kier molecular flexibility index (Phi) is 17.0. The number of carboxylic acid groups (broad SMARTS) is 1. The molecule has 21 nitrogen and oxygen atoms in total. The zero-order chi connectivity index (χ0) is 41.2. The van der Waals surface area contributed by atoms with Crippen molar-refractivity contribution in [2.45, 2.75) is 82.0 Å². The first kappa shape index (κ1) is 43.4. The van der Waals surface area contributed by atoms with E-state index in [1.54, 1.807) is 11.2 Å². The van der Waals surface area contributed by atoms with Gasteiger partial charge in [0.2, 0.25) is 29.5 Å². The van der Waals surface area contributed by atoms with E-state index in [4.69, 9.17) is 11.5 Å². The molecule has 2 aliphatic rings. The number of benzene rings is 1. The van der Waals surface area contributed by atoms with Crippen LogP contribution in [0, 0.1) is 0 Å². The summed E-state index contributed by atoms with van der Waals surface area (Å²) in [5.74, 6) is -4.70. The Morgan fingerprint density at radius 1 is 0.947 bits per heavy atom. The van der Waals surface area contributed by atoms with Crippen molar-refractivity contribution in [2.75, 3.05) is 32.9 Å². The number of carbonyl (C=O) groups is 6. The van der Waals surface area contributed by atoms with Crippen molar-refractivity contribution in [3.05, 3.63) is 59.7 Å². The second kappa shape index (κ2) is 22.3. The molecule has 1 aromatic carbocycles. The number of halogens is 1. The number of amides is 5. The summed E-state index contributed by atoms with van der Waals surface area (Å²) in [5, 5.41) is 32.9. The number of alkyl halides is 1. The van der Waals surface area contributed by atoms with Crippen LogP contribution in [0.3, 0.4) is 0 Å². The van der Waals surface area contributed by atoms with Crippen molar-refractivity contribution in [1.29, 1.82) is 0 Å². The molecule has 12 N–H and O–H groups in total. The maximum absolute atomic E-state index is 14.0. The van der Waals surface area contributed by atoms with Gasteiger partial charge in [0, 0.05) is 25.0 Å². The van der Waals surface area contributed by atoms with Gasteiger partial charge in [0.05, 0.1) is 31.9 Å². The number of guanidine groups is 1. The molecule has 0 fully saturated rings. The van der Waals surface area contributed by atoms with Crippen molar-refractivity contribution < 1.29 is 38.3 Å². The van der Waals surface area contributed by atoms with E-state index in [9.17, 15) is 38.3 Å². The molecule has 1 unspecified atom stereocenters. The van der Waals surface area contributed by atoms with Gasteiger partial charge in [-0.2, -0.15) is 0 Å². The van der Waals surface area contributed by atoms with Gasteiger partial charge >= 0.3 is 5.97 Å². The van der Waals surface area contributed by atoms with Crippen LogP contribution >= 0.6 is 0 Å². The average Bonchev–Trinajstić information content (AvgIpc) is 3.84. The molecule has 0 saturated heterocycles. The fourth-order valence-corrected chi connectivity index (χ4v) is 6.06. The van der Waals surface area contributed by atoms with Gasteiger partial charge < -0.3 is 48.6 Å². The van der Waals surface area contributed by atoms with Crippen LogP contribution in [0.15, 0.2) is 53.4 Å². The molecule has 0 aliphatic carbocycles. The van der Waals surface area contributed by atoms with Crippen LogP contribution in [-0.4, -0.2) is 112 Å². The highest BCUT2D eigenvalue weighted by Crippen LogP contribution is 2.21. The van der Waals surface area contributed by atoms with Gasteiger partial charge in [0.25, 0.3) is 0 Å². The lowest BCUT2D eigenvalue weighted by molar-refractivity contribution is -0.141. The summed E-state index contributed by atoms with van der Waals surface area (Å²) in [6.07, 6.45) is 4.97. The summed E-state index contributed by atoms with van der Waals surface area (Å²) in [4.78, 5) is 82.1. The van der Waals surface area contributed by atoms with Gasteiger partial charge in [0.15, 0.2) is 5.96 Å². The standard InChI is InChI=1S/C35H51FN14O7/c36-13-6-10-23-19-49(47-45-23)21-30(52)39-14-5-4-12-28-34(57)43-24(11-7-15-40-35(37)38)32(55)41-18-29(51)42-26(17-31(53)54)33(56)44-25(27-20-50(28)48-46-27)16-22-8-2-1-3-9-22/h1-3,8-9,19-20,24-26,28,45,47H,4-7,10-18,21H2,(H,39,52)(H,41,55)(H,42,51)(H,43,57)(H,44,56)(H,53,54)(H4,37,38,40)/t24-,25?,26-,28-/m0/s1. The first-order valence-electron chi connectivity index (χ1n) is 18.6.